The molecule has 55 heavy (non-hydrogen) atoms. The second-order valence-electron chi connectivity index (χ2n) is 19.2. The van der Waals surface area contributed by atoms with E-state index in [2.05, 4.69) is 85.3 Å². The van der Waals surface area contributed by atoms with Gasteiger partial charge in [0.15, 0.2) is 0 Å². The summed E-state index contributed by atoms with van der Waals surface area (Å²) in [6.45, 7) is 16.9. The van der Waals surface area contributed by atoms with Gasteiger partial charge in [0.05, 0.1) is 17.1 Å². The average Bonchev–Trinajstić information content (AvgIpc) is 3.83. The van der Waals surface area contributed by atoms with Crippen LogP contribution in [0.25, 0.3) is 22.8 Å². The fourth-order valence-electron chi connectivity index (χ4n) is 13.7. The Bertz CT molecular complexity index is 1990. The number of halogens is 1. The number of hydrogen-bond acceptors (Lipinski definition) is 6. The predicted molar refractivity (Wildman–Crippen MR) is 222 cm³/mol. The second kappa shape index (κ2) is 13.8. The number of rotatable bonds is 8. The van der Waals surface area contributed by atoms with Crippen molar-refractivity contribution in [3.63, 3.8) is 0 Å². The van der Waals surface area contributed by atoms with E-state index in [0.29, 0.717) is 59.3 Å². The van der Waals surface area contributed by atoms with E-state index in [-0.39, 0.29) is 37.2 Å². The number of fused-ring (bicyclic) bond motifs is 7. The number of allylic oxidation sites excluding steroid dienone is 1. The molecule has 1 heterocycles. The molecule has 3 N–H and O–H groups in total. The molecular formula is C46H58IN3O5. The monoisotopic (exact) mass is 859 g/mol. The van der Waals surface area contributed by atoms with E-state index >= 15 is 0 Å². The molecule has 5 fully saturated rings. The molecule has 3 aromatic rings. The Morgan fingerprint density at radius 2 is 1.73 bits per heavy atom. The lowest BCUT2D eigenvalue weighted by molar-refractivity contribution is -0.204. The van der Waals surface area contributed by atoms with Crippen molar-refractivity contribution in [2.45, 2.75) is 115 Å². The molecule has 8 nitrogen and oxygen atoms in total. The Balaban J connectivity index is 1.04. The summed E-state index contributed by atoms with van der Waals surface area (Å²) in [4.78, 5) is 30.9. The summed E-state index contributed by atoms with van der Waals surface area (Å²) in [7, 11) is 0. The average molecular weight is 860 g/mol. The highest BCUT2D eigenvalue weighted by Crippen LogP contribution is 2.77. The third-order valence-electron chi connectivity index (χ3n) is 16.6. The summed E-state index contributed by atoms with van der Waals surface area (Å²) in [5.41, 5.74) is 2.36. The van der Waals surface area contributed by atoms with Crippen LogP contribution in [0, 0.1) is 57.2 Å². The quantitative estimate of drug-likeness (QED) is 0.117. The van der Waals surface area contributed by atoms with Crippen molar-refractivity contribution >= 4 is 34.5 Å². The molecule has 8 rings (SSSR count). The van der Waals surface area contributed by atoms with Crippen molar-refractivity contribution in [3.05, 3.63) is 72.3 Å². The molecule has 5 aliphatic carbocycles. The molecule has 11 unspecified atom stereocenters. The minimum Gasteiger partial charge on any atom is -0.478 e. The van der Waals surface area contributed by atoms with Crippen LogP contribution in [0.5, 0.6) is 0 Å². The minimum absolute atomic E-state index is 0.0662. The molecule has 2 aromatic carbocycles. The summed E-state index contributed by atoms with van der Waals surface area (Å²) in [5, 5.41) is 28.1. The summed E-state index contributed by atoms with van der Waals surface area (Å²) in [6, 6.07) is 14.3. The standard InChI is InChI=1S/C46H58IN3O5/c1-7-27(2)32-16-21-45(41(54)48-26-28-10-8-12-30(24-28)39-49-38(50-55-39)29-11-9-13-31(25-29)40(52)53)22-23-46(47)33(37(32)45)14-15-35-43(5)19-18-36(51)42(3,4)34(43)17-20-44(35,46)6/h7-13,24-25,27,32-37,51H,1,14-23,26H2,2-6H3,(H,48,54)(H,52,53). The van der Waals surface area contributed by atoms with Crippen LogP contribution in [-0.4, -0.2) is 41.8 Å². The number of aromatic nitrogens is 2. The van der Waals surface area contributed by atoms with E-state index in [1.807, 2.05) is 24.3 Å². The maximum Gasteiger partial charge on any atom is 0.335 e. The molecule has 0 bridgehead atoms. The van der Waals surface area contributed by atoms with Gasteiger partial charge in [-0.25, -0.2) is 4.79 Å². The van der Waals surface area contributed by atoms with Crippen molar-refractivity contribution in [2.75, 3.05) is 0 Å². The summed E-state index contributed by atoms with van der Waals surface area (Å²) >= 11 is 2.95. The molecule has 0 spiro atoms. The number of carbonyl (C=O) groups excluding carboxylic acids is 1. The number of amides is 1. The molecule has 11 atom stereocenters. The van der Waals surface area contributed by atoms with E-state index in [1.54, 1.807) is 12.1 Å². The van der Waals surface area contributed by atoms with Gasteiger partial charge in [-0.15, -0.1) is 6.58 Å². The van der Waals surface area contributed by atoms with Crippen molar-refractivity contribution in [1.29, 1.82) is 0 Å². The Labute approximate surface area is 339 Å². The van der Waals surface area contributed by atoms with Gasteiger partial charge in [0.1, 0.15) is 0 Å². The number of aliphatic hydroxyl groups is 1. The number of aliphatic hydroxyl groups excluding tert-OH is 1. The minimum atomic E-state index is -1.01. The van der Waals surface area contributed by atoms with Crippen LogP contribution in [0.4, 0.5) is 0 Å². The molecule has 294 valence electrons. The smallest absolute Gasteiger partial charge is 0.335 e. The van der Waals surface area contributed by atoms with E-state index in [4.69, 9.17) is 4.52 Å². The molecule has 5 saturated carbocycles. The first-order valence-electron chi connectivity index (χ1n) is 20.6. The number of carboxylic acid groups (broad SMARTS) is 1. The molecule has 0 aliphatic heterocycles. The number of carbonyl (C=O) groups is 2. The maximum absolute atomic E-state index is 14.9. The highest BCUT2D eigenvalue weighted by molar-refractivity contribution is 14.1. The van der Waals surface area contributed by atoms with Gasteiger partial charge in [-0.3, -0.25) is 4.79 Å². The van der Waals surface area contributed by atoms with Crippen LogP contribution in [0.2, 0.25) is 0 Å². The molecule has 0 radical (unpaired) electrons. The van der Waals surface area contributed by atoms with Crippen molar-refractivity contribution in [2.24, 2.45) is 57.2 Å². The molecule has 9 heteroatoms. The first kappa shape index (κ1) is 38.8. The Morgan fingerprint density at radius 3 is 2.49 bits per heavy atom. The number of alkyl halides is 1. The lowest BCUT2D eigenvalue weighted by Gasteiger charge is -2.72. The number of aromatic carboxylic acids is 1. The van der Waals surface area contributed by atoms with Gasteiger partial charge in [-0.1, -0.05) is 92.7 Å². The van der Waals surface area contributed by atoms with Crippen LogP contribution in [0.15, 0.2) is 65.7 Å². The lowest BCUT2D eigenvalue weighted by Crippen LogP contribution is -2.69. The largest absolute Gasteiger partial charge is 0.478 e. The van der Waals surface area contributed by atoms with Gasteiger partial charge in [0.25, 0.3) is 5.89 Å². The van der Waals surface area contributed by atoms with Crippen molar-refractivity contribution < 1.29 is 24.3 Å². The molecular weight excluding hydrogens is 801 g/mol. The zero-order valence-corrected chi connectivity index (χ0v) is 35.3. The first-order valence-corrected chi connectivity index (χ1v) is 21.7. The van der Waals surface area contributed by atoms with Gasteiger partial charge < -0.3 is 20.1 Å². The van der Waals surface area contributed by atoms with E-state index in [0.717, 1.165) is 49.7 Å². The molecule has 5 aliphatic rings. The Morgan fingerprint density at radius 1 is 0.964 bits per heavy atom. The predicted octanol–water partition coefficient (Wildman–Crippen LogP) is 10.1. The topological polar surface area (TPSA) is 126 Å². The fraction of sp³-hybridized carbons (Fsp3) is 0.609. The van der Waals surface area contributed by atoms with E-state index < -0.39 is 11.4 Å². The van der Waals surface area contributed by atoms with Gasteiger partial charge in [0, 0.05) is 21.1 Å². The summed E-state index contributed by atoms with van der Waals surface area (Å²) in [6.07, 6.45) is 12.7. The summed E-state index contributed by atoms with van der Waals surface area (Å²) in [5.74, 6) is 2.55. The van der Waals surface area contributed by atoms with Crippen LogP contribution < -0.4 is 5.32 Å². The maximum atomic E-state index is 14.9. The molecule has 1 aromatic heterocycles. The van der Waals surface area contributed by atoms with Gasteiger partial charge in [-0.2, -0.15) is 4.98 Å². The third kappa shape index (κ3) is 5.89. The first-order chi connectivity index (χ1) is 26.1. The second-order valence-corrected chi connectivity index (χ2v) is 21.1. The van der Waals surface area contributed by atoms with E-state index in [9.17, 15) is 19.8 Å². The van der Waals surface area contributed by atoms with Gasteiger partial charge >= 0.3 is 5.97 Å². The number of carboxylic acids is 1. The highest BCUT2D eigenvalue weighted by Gasteiger charge is 2.72. The lowest BCUT2D eigenvalue weighted by atomic mass is 9.36. The Kier molecular flexibility index (Phi) is 9.74. The van der Waals surface area contributed by atoms with Crippen LogP contribution in [0.3, 0.4) is 0 Å². The number of hydrogen-bond donors (Lipinski definition) is 3. The Hall–Kier alpha value is -3.05. The zero-order valence-electron chi connectivity index (χ0n) is 33.1. The number of benzene rings is 2. The van der Waals surface area contributed by atoms with Crippen LogP contribution >= 0.6 is 22.6 Å². The van der Waals surface area contributed by atoms with Gasteiger partial charge in [0.2, 0.25) is 11.7 Å². The zero-order chi connectivity index (χ0) is 39.1. The molecule has 1 amide bonds. The summed E-state index contributed by atoms with van der Waals surface area (Å²) < 4.78 is 5.74. The normalized spacial score (nSPS) is 38.1. The van der Waals surface area contributed by atoms with E-state index in [1.165, 1.54) is 37.8 Å². The molecule has 0 saturated heterocycles. The van der Waals surface area contributed by atoms with Crippen LogP contribution in [0.1, 0.15) is 115 Å². The number of nitrogens with one attached hydrogen (secondary N) is 1. The number of nitrogens with zero attached hydrogens (tertiary/aromatic N) is 2. The van der Waals surface area contributed by atoms with Crippen molar-refractivity contribution in [1.82, 2.24) is 15.5 Å². The highest BCUT2D eigenvalue weighted by atomic mass is 127. The van der Waals surface area contributed by atoms with Crippen LogP contribution in [-0.2, 0) is 11.3 Å². The third-order valence-corrected chi connectivity index (χ3v) is 19.2. The fourth-order valence-corrected chi connectivity index (χ4v) is 15.4. The SMILES string of the molecule is C=CC(C)C1CCC2(C(=O)NCc3cccc(-c4nc(-c5cccc(C(=O)O)c5)no4)c3)CCC3(I)C(CCC4C5(C)CCC(O)C(C)(C)C5CCC43C)C12. The van der Waals surface area contributed by atoms with Gasteiger partial charge in [-0.05, 0) is 146 Å². The van der Waals surface area contributed by atoms with Crippen molar-refractivity contribution in [3.8, 4) is 22.8 Å².